The zero-order valence-electron chi connectivity index (χ0n) is 19.4. The Hall–Kier alpha value is -2.12. The van der Waals surface area contributed by atoms with Crippen LogP contribution in [0.15, 0.2) is 24.3 Å². The van der Waals surface area contributed by atoms with Gasteiger partial charge in [-0.1, -0.05) is 64.0 Å². The first-order chi connectivity index (χ1) is 14.9. The van der Waals surface area contributed by atoms with Crippen LogP contribution in [0, 0.1) is 0 Å². The van der Waals surface area contributed by atoms with Gasteiger partial charge in [-0.2, -0.15) is 0 Å². The van der Waals surface area contributed by atoms with Gasteiger partial charge in [0.05, 0.1) is 0 Å². The van der Waals surface area contributed by atoms with Gasteiger partial charge in [-0.3, -0.25) is 14.8 Å². The molecule has 7 heteroatoms. The quantitative estimate of drug-likeness (QED) is 0.160. The fourth-order valence-electron chi connectivity index (χ4n) is 3.02. The lowest BCUT2D eigenvalue weighted by Crippen LogP contribution is -2.43. The molecule has 1 rings (SSSR count). The topological polar surface area (TPSA) is 125 Å². The predicted molar refractivity (Wildman–Crippen MR) is 125 cm³/mol. The summed E-state index contributed by atoms with van der Waals surface area (Å²) in [7, 11) is 0. The molecule has 0 aliphatic carbocycles. The molecule has 6 N–H and O–H groups in total. The van der Waals surface area contributed by atoms with E-state index in [9.17, 15) is 14.7 Å². The van der Waals surface area contributed by atoms with Crippen LogP contribution in [0.1, 0.15) is 90.0 Å². The molecule has 7 nitrogen and oxygen atoms in total. The first kappa shape index (κ1) is 28.9. The van der Waals surface area contributed by atoms with E-state index in [0.717, 1.165) is 32.2 Å². The molecular formula is C24H43N3O4. The van der Waals surface area contributed by atoms with Gasteiger partial charge in [0.2, 0.25) is 5.91 Å². The van der Waals surface area contributed by atoms with Crippen molar-refractivity contribution in [2.75, 3.05) is 6.54 Å². The van der Waals surface area contributed by atoms with E-state index < -0.39 is 11.9 Å². The maximum atomic E-state index is 11.6. The number of aryl methyl sites for hydroxylation is 1. The van der Waals surface area contributed by atoms with Gasteiger partial charge in [0.25, 0.3) is 5.91 Å². The van der Waals surface area contributed by atoms with Crippen LogP contribution in [-0.2, 0) is 16.0 Å². The first-order valence-corrected chi connectivity index (χ1v) is 11.7. The number of nitrogens with one attached hydrogen (secondary N) is 2. The zero-order valence-corrected chi connectivity index (χ0v) is 19.4. The molecule has 0 radical (unpaired) electrons. The second kappa shape index (κ2) is 19.8. The van der Waals surface area contributed by atoms with Crippen LogP contribution in [0.4, 0.5) is 0 Å². The van der Waals surface area contributed by atoms with Crippen LogP contribution in [0.5, 0.6) is 5.75 Å². The number of carbonyl (C=O) groups excluding carboxylic acids is 2. The van der Waals surface area contributed by atoms with Crippen molar-refractivity contribution < 1.29 is 19.9 Å². The van der Waals surface area contributed by atoms with Crippen molar-refractivity contribution in [3.8, 4) is 5.75 Å². The molecule has 1 aromatic rings. The molecule has 0 aliphatic heterocycles. The first-order valence-electron chi connectivity index (χ1n) is 11.7. The summed E-state index contributed by atoms with van der Waals surface area (Å²) < 4.78 is 0. The lowest BCUT2D eigenvalue weighted by molar-refractivity contribution is -0.134. The Morgan fingerprint density at radius 2 is 1.48 bits per heavy atom. The van der Waals surface area contributed by atoms with Gasteiger partial charge >= 0.3 is 0 Å². The van der Waals surface area contributed by atoms with E-state index in [1.807, 2.05) is 12.1 Å². The van der Waals surface area contributed by atoms with Gasteiger partial charge in [0, 0.05) is 6.42 Å². The highest BCUT2D eigenvalue weighted by Crippen LogP contribution is 2.14. The average Bonchev–Trinajstić information content (AvgIpc) is 2.76. The van der Waals surface area contributed by atoms with Crippen molar-refractivity contribution >= 4 is 11.8 Å². The van der Waals surface area contributed by atoms with Crippen LogP contribution in [0.2, 0.25) is 0 Å². The lowest BCUT2D eigenvalue weighted by Gasteiger charge is -2.11. The summed E-state index contributed by atoms with van der Waals surface area (Å²) >= 11 is 0. The summed E-state index contributed by atoms with van der Waals surface area (Å²) in [6.45, 7) is 4.51. The molecule has 0 heterocycles. The second-order valence-electron chi connectivity index (χ2n) is 7.90. The third-order valence-corrected chi connectivity index (χ3v) is 4.99. The Balaban J connectivity index is 0.00000161. The van der Waals surface area contributed by atoms with Crippen molar-refractivity contribution in [2.24, 2.45) is 5.73 Å². The average molecular weight is 438 g/mol. The number of unbranched alkanes of at least 4 members (excludes halogenated alkanes) is 8. The van der Waals surface area contributed by atoms with Gasteiger partial charge < -0.3 is 16.2 Å². The summed E-state index contributed by atoms with van der Waals surface area (Å²) in [6.07, 6.45) is 12.8. The summed E-state index contributed by atoms with van der Waals surface area (Å²) in [4.78, 5) is 22.7. The molecule has 1 aromatic carbocycles. The van der Waals surface area contributed by atoms with Gasteiger partial charge in [0.1, 0.15) is 11.8 Å². The number of hydrogen-bond acceptors (Lipinski definition) is 5. The zero-order chi connectivity index (χ0) is 23.3. The Kier molecular flexibility index (Phi) is 18.5. The predicted octanol–water partition coefficient (Wildman–Crippen LogP) is 4.20. The molecule has 0 bridgehead atoms. The van der Waals surface area contributed by atoms with Crippen LogP contribution >= 0.6 is 0 Å². The second-order valence-corrected chi connectivity index (χ2v) is 7.90. The minimum absolute atomic E-state index is 0.157. The summed E-state index contributed by atoms with van der Waals surface area (Å²) in [5.41, 5.74) is 7.93. The van der Waals surface area contributed by atoms with Crippen LogP contribution in [0.25, 0.3) is 0 Å². The van der Waals surface area contributed by atoms with Gasteiger partial charge in [-0.25, -0.2) is 5.48 Å². The minimum Gasteiger partial charge on any atom is -0.508 e. The van der Waals surface area contributed by atoms with Crippen molar-refractivity contribution in [3.05, 3.63) is 29.8 Å². The molecule has 0 aromatic heterocycles. The van der Waals surface area contributed by atoms with E-state index in [4.69, 9.17) is 10.9 Å². The molecule has 0 aliphatic rings. The Morgan fingerprint density at radius 1 is 0.935 bits per heavy atom. The number of amides is 2. The summed E-state index contributed by atoms with van der Waals surface area (Å²) in [6, 6.07) is 6.70. The highest BCUT2D eigenvalue weighted by atomic mass is 16.5. The van der Waals surface area contributed by atoms with Gasteiger partial charge in [0.15, 0.2) is 0 Å². The highest BCUT2D eigenvalue weighted by molar-refractivity contribution is 5.86. The number of phenols is 1. The van der Waals surface area contributed by atoms with Crippen molar-refractivity contribution in [3.63, 3.8) is 0 Å². The Bertz CT molecular complexity index is 577. The summed E-state index contributed by atoms with van der Waals surface area (Å²) in [5.74, 6) is -0.449. The number of carbonyl (C=O) groups is 2. The van der Waals surface area contributed by atoms with Crippen LogP contribution in [0.3, 0.4) is 0 Å². The van der Waals surface area contributed by atoms with Gasteiger partial charge in [-0.15, -0.1) is 0 Å². The van der Waals surface area contributed by atoms with Crippen molar-refractivity contribution in [1.29, 1.82) is 0 Å². The number of hydroxylamine groups is 1. The fraction of sp³-hybridized carbons (Fsp3) is 0.667. The number of benzene rings is 1. The Labute approximate surface area is 187 Å². The monoisotopic (exact) mass is 437 g/mol. The number of phenolic OH excluding ortho intramolecular Hbond substituents is 1. The maximum Gasteiger partial charge on any atom is 0.265 e. The largest absolute Gasteiger partial charge is 0.508 e. The number of aromatic hydroxyl groups is 1. The SMILES string of the molecule is CCCCN.C[C@@H](NC(=O)CCCCCCCCCCc1ccc(O)cc1)C(=O)NO. The number of nitrogens with two attached hydrogens (primary N) is 1. The summed E-state index contributed by atoms with van der Waals surface area (Å²) in [5, 5.41) is 20.3. The van der Waals surface area contributed by atoms with E-state index in [-0.39, 0.29) is 5.91 Å². The van der Waals surface area contributed by atoms with Gasteiger partial charge in [-0.05, 0) is 56.8 Å². The maximum absolute atomic E-state index is 11.6. The number of hydrogen-bond donors (Lipinski definition) is 5. The Morgan fingerprint density at radius 3 is 1.97 bits per heavy atom. The molecule has 2 amide bonds. The van der Waals surface area contributed by atoms with Crippen molar-refractivity contribution in [2.45, 2.75) is 96.9 Å². The van der Waals surface area contributed by atoms with E-state index in [0.29, 0.717) is 12.2 Å². The van der Waals surface area contributed by atoms with Crippen molar-refractivity contribution in [1.82, 2.24) is 10.8 Å². The highest BCUT2D eigenvalue weighted by Gasteiger charge is 2.13. The molecule has 0 fully saturated rings. The van der Waals surface area contributed by atoms with E-state index in [1.165, 1.54) is 62.9 Å². The molecule has 31 heavy (non-hydrogen) atoms. The van der Waals surface area contributed by atoms with E-state index >= 15 is 0 Å². The third kappa shape index (κ3) is 17.3. The molecule has 0 saturated carbocycles. The number of rotatable bonds is 15. The van der Waals surface area contributed by atoms with E-state index in [2.05, 4.69) is 12.2 Å². The fourth-order valence-corrected chi connectivity index (χ4v) is 3.02. The molecule has 0 unspecified atom stereocenters. The molecule has 178 valence electrons. The lowest BCUT2D eigenvalue weighted by atomic mass is 10.0. The van der Waals surface area contributed by atoms with Crippen LogP contribution < -0.4 is 16.5 Å². The van der Waals surface area contributed by atoms with E-state index in [1.54, 1.807) is 12.1 Å². The molecular weight excluding hydrogens is 394 g/mol. The normalized spacial score (nSPS) is 11.2. The smallest absolute Gasteiger partial charge is 0.265 e. The molecule has 0 saturated heterocycles. The molecule has 0 spiro atoms. The standard InChI is InChI=1S/C20H32N2O4.C4H11N/c1-16(20(25)22-26)21-19(24)11-9-7-5-3-2-4-6-8-10-17-12-14-18(23)15-13-17;1-2-3-4-5/h12-16,23,26H,2-11H2,1H3,(H,21,24)(H,22,25);2-5H2,1H3/t16-;/m1./s1. The molecule has 1 atom stereocenters. The minimum atomic E-state index is -0.714. The van der Waals surface area contributed by atoms with Crippen LogP contribution in [-0.4, -0.2) is 34.7 Å². The third-order valence-electron chi connectivity index (χ3n) is 4.99.